The zero-order valence-corrected chi connectivity index (χ0v) is 16.7. The molecule has 8 nitrogen and oxygen atoms in total. The number of aryl methyl sites for hydroxylation is 2. The van der Waals surface area contributed by atoms with Gasteiger partial charge in [0.1, 0.15) is 17.2 Å². The molecule has 1 amide bonds. The summed E-state index contributed by atoms with van der Waals surface area (Å²) in [7, 11) is 0. The molecule has 2 aliphatic rings. The molecule has 0 spiro atoms. The number of anilines is 2. The molecule has 5 rings (SSSR count). The highest BCUT2D eigenvalue weighted by Crippen LogP contribution is 2.24. The Hall–Kier alpha value is -3.00. The van der Waals surface area contributed by atoms with Crippen molar-refractivity contribution in [1.29, 1.82) is 0 Å². The number of nitrogens with zero attached hydrogens (tertiary/aromatic N) is 5. The molecule has 1 aliphatic heterocycles. The Morgan fingerprint density at radius 3 is 2.72 bits per heavy atom. The van der Waals surface area contributed by atoms with Gasteiger partial charge in [-0.05, 0) is 38.3 Å². The topological polar surface area (TPSA) is 87.5 Å². The molecule has 8 heteroatoms. The smallest absolute Gasteiger partial charge is 0.275 e. The fraction of sp³-hybridized carbons (Fsp3) is 0.429. The second-order valence-corrected chi connectivity index (χ2v) is 8.19. The molecular formula is C21H25N7O. The minimum absolute atomic E-state index is 0.269. The van der Waals surface area contributed by atoms with Crippen molar-refractivity contribution in [3.8, 4) is 0 Å². The molecule has 2 N–H and O–H groups in total. The number of hydrogen-bond acceptors (Lipinski definition) is 6. The second-order valence-electron chi connectivity index (χ2n) is 8.19. The van der Waals surface area contributed by atoms with Crippen molar-refractivity contribution in [1.82, 2.24) is 24.7 Å². The number of rotatable bonds is 6. The van der Waals surface area contributed by atoms with Gasteiger partial charge in [0, 0.05) is 44.0 Å². The van der Waals surface area contributed by atoms with Gasteiger partial charge in [0.25, 0.3) is 5.91 Å². The number of fused-ring (bicyclic) bond motifs is 1. The van der Waals surface area contributed by atoms with Crippen LogP contribution in [-0.2, 0) is 0 Å². The Balaban J connectivity index is 1.20. The van der Waals surface area contributed by atoms with Gasteiger partial charge in [0.2, 0.25) is 0 Å². The van der Waals surface area contributed by atoms with Gasteiger partial charge < -0.3 is 19.9 Å². The van der Waals surface area contributed by atoms with Gasteiger partial charge >= 0.3 is 0 Å². The maximum atomic E-state index is 12.6. The van der Waals surface area contributed by atoms with Crippen molar-refractivity contribution in [3.05, 3.63) is 47.8 Å². The minimum atomic E-state index is -0.269. The van der Waals surface area contributed by atoms with Crippen LogP contribution >= 0.6 is 0 Å². The molecule has 150 valence electrons. The maximum absolute atomic E-state index is 12.6. The fourth-order valence-electron chi connectivity index (χ4n) is 3.76. The summed E-state index contributed by atoms with van der Waals surface area (Å²) in [5, 5.41) is 6.48. The number of carbonyl (C=O) groups excluding carboxylic acids is 1. The summed E-state index contributed by atoms with van der Waals surface area (Å²) in [6, 6.07) is 2.67. The van der Waals surface area contributed by atoms with Crippen LogP contribution in [0.5, 0.6) is 0 Å². The molecule has 29 heavy (non-hydrogen) atoms. The highest BCUT2D eigenvalue weighted by Gasteiger charge is 2.30. The van der Waals surface area contributed by atoms with Crippen LogP contribution in [0.4, 0.5) is 11.5 Å². The first-order valence-corrected chi connectivity index (χ1v) is 10.1. The number of aromatic nitrogens is 4. The van der Waals surface area contributed by atoms with Gasteiger partial charge in [-0.25, -0.2) is 15.0 Å². The minimum Gasteiger partial charge on any atom is -0.355 e. The summed E-state index contributed by atoms with van der Waals surface area (Å²) in [5.41, 5.74) is 3.85. The van der Waals surface area contributed by atoms with E-state index in [4.69, 9.17) is 0 Å². The average Bonchev–Trinajstić information content (AvgIpc) is 3.41. The van der Waals surface area contributed by atoms with Crippen molar-refractivity contribution >= 4 is 23.1 Å². The van der Waals surface area contributed by atoms with Gasteiger partial charge in [-0.15, -0.1) is 0 Å². The lowest BCUT2D eigenvalue weighted by atomic mass is 10.0. The third-order valence-corrected chi connectivity index (χ3v) is 5.54. The lowest BCUT2D eigenvalue weighted by molar-refractivity contribution is 0.102. The molecule has 3 aromatic rings. The first-order valence-electron chi connectivity index (χ1n) is 10.1. The molecule has 4 heterocycles. The summed E-state index contributed by atoms with van der Waals surface area (Å²) in [4.78, 5) is 28.0. The van der Waals surface area contributed by atoms with Gasteiger partial charge in [-0.1, -0.05) is 0 Å². The quantitative estimate of drug-likeness (QED) is 0.670. The molecule has 2 fully saturated rings. The zero-order valence-electron chi connectivity index (χ0n) is 16.7. The molecule has 3 aromatic heterocycles. The number of carbonyl (C=O) groups is 1. The standard InChI is InChI=1S/C21H25N7O/c1-13-5-17(12-28-9-14(2)25-20(13)28)26-21(29)18-7-24-19(8-23-18)27-10-15(11-27)6-22-16-3-4-16/h5,7-9,12,15-16,22H,3-4,6,10-11H2,1-2H3,(H,26,29). The van der Waals surface area contributed by atoms with Crippen molar-refractivity contribution in [3.63, 3.8) is 0 Å². The Morgan fingerprint density at radius 1 is 1.17 bits per heavy atom. The molecule has 0 radical (unpaired) electrons. The summed E-state index contributed by atoms with van der Waals surface area (Å²) in [6.07, 6.45) is 9.67. The second kappa shape index (κ2) is 7.11. The molecule has 0 atom stereocenters. The number of imidazole rings is 1. The van der Waals surface area contributed by atoms with Gasteiger partial charge in [-0.2, -0.15) is 0 Å². The molecular weight excluding hydrogens is 366 g/mol. The van der Waals surface area contributed by atoms with Crippen LogP contribution in [0.3, 0.4) is 0 Å². The van der Waals surface area contributed by atoms with Crippen molar-refractivity contribution < 1.29 is 4.79 Å². The average molecular weight is 391 g/mol. The largest absolute Gasteiger partial charge is 0.355 e. The van der Waals surface area contributed by atoms with E-state index in [0.717, 1.165) is 48.4 Å². The van der Waals surface area contributed by atoms with E-state index in [1.807, 2.05) is 36.7 Å². The summed E-state index contributed by atoms with van der Waals surface area (Å²) in [5.74, 6) is 1.23. The predicted octanol–water partition coefficient (Wildman–Crippen LogP) is 2.18. The molecule has 1 aliphatic carbocycles. The van der Waals surface area contributed by atoms with Gasteiger partial charge in [0.15, 0.2) is 0 Å². The summed E-state index contributed by atoms with van der Waals surface area (Å²) in [6.45, 7) is 6.99. The van der Waals surface area contributed by atoms with Crippen LogP contribution in [0, 0.1) is 19.8 Å². The van der Waals surface area contributed by atoms with E-state index in [1.165, 1.54) is 12.8 Å². The first-order chi connectivity index (χ1) is 14.0. The van der Waals surface area contributed by atoms with E-state index in [0.29, 0.717) is 17.3 Å². The summed E-state index contributed by atoms with van der Waals surface area (Å²) >= 11 is 0. The predicted molar refractivity (Wildman–Crippen MR) is 111 cm³/mol. The van der Waals surface area contributed by atoms with Crippen LogP contribution in [0.15, 0.2) is 30.9 Å². The Bertz CT molecular complexity index is 1050. The van der Waals surface area contributed by atoms with Gasteiger partial charge in [-0.3, -0.25) is 4.79 Å². The van der Waals surface area contributed by atoms with E-state index in [2.05, 4.69) is 30.5 Å². The monoisotopic (exact) mass is 391 g/mol. The van der Waals surface area contributed by atoms with Crippen LogP contribution in [0.1, 0.15) is 34.6 Å². The third kappa shape index (κ3) is 3.80. The Morgan fingerprint density at radius 2 is 2.00 bits per heavy atom. The molecule has 1 saturated carbocycles. The number of hydrogen-bond donors (Lipinski definition) is 2. The SMILES string of the molecule is Cc1cn2cc(NC(=O)c3cnc(N4CC(CNC5CC5)C4)cn3)cc(C)c2n1. The highest BCUT2D eigenvalue weighted by molar-refractivity contribution is 6.02. The zero-order chi connectivity index (χ0) is 20.0. The number of amides is 1. The fourth-order valence-corrected chi connectivity index (χ4v) is 3.76. The third-order valence-electron chi connectivity index (χ3n) is 5.54. The normalized spacial score (nSPS) is 16.8. The van der Waals surface area contributed by atoms with E-state index in [1.54, 1.807) is 12.4 Å². The van der Waals surface area contributed by atoms with Crippen LogP contribution in [0.25, 0.3) is 5.65 Å². The van der Waals surface area contributed by atoms with Crippen LogP contribution < -0.4 is 15.5 Å². The summed E-state index contributed by atoms with van der Waals surface area (Å²) < 4.78 is 1.92. The molecule has 0 bridgehead atoms. The van der Waals surface area contributed by atoms with Crippen LogP contribution in [-0.4, -0.2) is 50.9 Å². The number of nitrogens with one attached hydrogen (secondary N) is 2. The molecule has 0 unspecified atom stereocenters. The van der Waals surface area contributed by atoms with E-state index in [-0.39, 0.29) is 5.91 Å². The van der Waals surface area contributed by atoms with Crippen LogP contribution in [0.2, 0.25) is 0 Å². The van der Waals surface area contributed by atoms with Gasteiger partial charge in [0.05, 0.1) is 23.8 Å². The van der Waals surface area contributed by atoms with Crippen molar-refractivity contribution in [2.24, 2.45) is 5.92 Å². The molecule has 1 saturated heterocycles. The van der Waals surface area contributed by atoms with Crippen molar-refractivity contribution in [2.75, 3.05) is 29.9 Å². The lowest BCUT2D eigenvalue weighted by Crippen LogP contribution is -2.51. The van der Waals surface area contributed by atoms with E-state index >= 15 is 0 Å². The van der Waals surface area contributed by atoms with E-state index < -0.39 is 0 Å². The number of pyridine rings is 1. The Labute approximate surface area is 169 Å². The Kier molecular flexibility index (Phi) is 4.43. The lowest BCUT2D eigenvalue weighted by Gasteiger charge is -2.40. The van der Waals surface area contributed by atoms with Crippen molar-refractivity contribution in [2.45, 2.75) is 32.7 Å². The highest BCUT2D eigenvalue weighted by atomic mass is 16.1. The maximum Gasteiger partial charge on any atom is 0.275 e. The molecule has 0 aromatic carbocycles. The first kappa shape index (κ1) is 18.1. The van der Waals surface area contributed by atoms with E-state index in [9.17, 15) is 4.79 Å².